The SMILES string of the molecule is CC(=O)N[C@@H]1[C@@H](O)[C@H](O)[C@@H](CO)N[C@@H]1COP(=O)(O)O. The predicted molar refractivity (Wildman–Crippen MR) is 65.4 cm³/mol. The summed E-state index contributed by atoms with van der Waals surface area (Å²) in [4.78, 5) is 28.4. The molecular weight excluding hydrogens is 295 g/mol. The largest absolute Gasteiger partial charge is 0.469 e. The van der Waals surface area contributed by atoms with Crippen molar-refractivity contribution >= 4 is 13.7 Å². The molecular formula is C9H19N2O8P. The minimum atomic E-state index is -4.72. The lowest BCUT2D eigenvalue weighted by Gasteiger charge is -2.43. The van der Waals surface area contributed by atoms with E-state index in [1.54, 1.807) is 0 Å². The van der Waals surface area contributed by atoms with Crippen molar-refractivity contribution in [3.63, 3.8) is 0 Å². The van der Waals surface area contributed by atoms with Crippen molar-refractivity contribution in [3.8, 4) is 0 Å². The van der Waals surface area contributed by atoms with Crippen LogP contribution in [0.3, 0.4) is 0 Å². The van der Waals surface area contributed by atoms with E-state index < -0.39 is 57.3 Å². The van der Waals surface area contributed by atoms with Gasteiger partial charge in [-0.05, 0) is 0 Å². The Hall–Kier alpha value is -0.580. The number of piperidine rings is 1. The van der Waals surface area contributed by atoms with Crippen LogP contribution in [0.1, 0.15) is 6.92 Å². The molecule has 0 spiro atoms. The number of hydrogen-bond acceptors (Lipinski definition) is 7. The number of phosphoric acid groups is 1. The van der Waals surface area contributed by atoms with Gasteiger partial charge in [-0.15, -0.1) is 0 Å². The van der Waals surface area contributed by atoms with Crippen LogP contribution in [0.5, 0.6) is 0 Å². The van der Waals surface area contributed by atoms with Crippen LogP contribution in [-0.2, 0) is 13.9 Å². The third-order valence-corrected chi connectivity index (χ3v) is 3.47. The summed E-state index contributed by atoms with van der Waals surface area (Å²) in [5.74, 6) is -0.494. The molecule has 0 aromatic carbocycles. The second-order valence-corrected chi connectivity index (χ2v) is 5.80. The second-order valence-electron chi connectivity index (χ2n) is 4.56. The number of nitrogens with one attached hydrogen (secondary N) is 2. The van der Waals surface area contributed by atoms with Crippen LogP contribution in [0.25, 0.3) is 0 Å². The smallest absolute Gasteiger partial charge is 0.395 e. The van der Waals surface area contributed by atoms with Crippen LogP contribution in [-0.4, -0.2) is 74.6 Å². The maximum absolute atomic E-state index is 11.1. The van der Waals surface area contributed by atoms with Crippen LogP contribution >= 0.6 is 7.82 Å². The third kappa shape index (κ3) is 4.76. The molecule has 20 heavy (non-hydrogen) atoms. The second kappa shape index (κ2) is 6.92. The fraction of sp³-hybridized carbons (Fsp3) is 0.889. The average molecular weight is 314 g/mol. The number of carbonyl (C=O) groups excluding carboxylic acids is 1. The van der Waals surface area contributed by atoms with Gasteiger partial charge in [0.2, 0.25) is 5.91 Å². The minimum absolute atomic E-state index is 0.494. The Bertz CT molecular complexity index is 388. The Morgan fingerprint density at radius 2 is 1.90 bits per heavy atom. The molecule has 1 rings (SSSR count). The maximum Gasteiger partial charge on any atom is 0.469 e. The fourth-order valence-electron chi connectivity index (χ4n) is 2.08. The van der Waals surface area contributed by atoms with Crippen molar-refractivity contribution in [3.05, 3.63) is 0 Å². The molecule has 1 aliphatic rings. The van der Waals surface area contributed by atoms with Crippen LogP contribution in [0, 0.1) is 0 Å². The summed E-state index contributed by atoms with van der Waals surface area (Å²) in [6.07, 6.45) is -2.76. The highest BCUT2D eigenvalue weighted by atomic mass is 31.2. The molecule has 0 unspecified atom stereocenters. The monoisotopic (exact) mass is 314 g/mol. The van der Waals surface area contributed by atoms with E-state index in [2.05, 4.69) is 15.2 Å². The summed E-state index contributed by atoms with van der Waals surface area (Å²) in [5.41, 5.74) is 0. The zero-order chi connectivity index (χ0) is 15.5. The summed E-state index contributed by atoms with van der Waals surface area (Å²) in [7, 11) is -4.72. The van der Waals surface area contributed by atoms with Crippen molar-refractivity contribution < 1.29 is 39.0 Å². The average Bonchev–Trinajstić information content (AvgIpc) is 2.32. The van der Waals surface area contributed by atoms with Gasteiger partial charge in [0.15, 0.2) is 0 Å². The molecule has 5 atom stereocenters. The van der Waals surface area contributed by atoms with E-state index in [4.69, 9.17) is 14.9 Å². The van der Waals surface area contributed by atoms with Gasteiger partial charge in [-0.3, -0.25) is 9.32 Å². The summed E-state index contributed by atoms with van der Waals surface area (Å²) < 4.78 is 15.0. The number of hydrogen-bond donors (Lipinski definition) is 7. The quantitative estimate of drug-likeness (QED) is 0.256. The number of aliphatic hydroxyl groups excluding tert-OH is 3. The van der Waals surface area contributed by atoms with Crippen molar-refractivity contribution in [1.82, 2.24) is 10.6 Å². The Morgan fingerprint density at radius 1 is 1.30 bits per heavy atom. The molecule has 0 aliphatic carbocycles. The Balaban J connectivity index is 2.83. The summed E-state index contributed by atoms with van der Waals surface area (Å²) in [6.45, 7) is 0.172. The molecule has 0 aromatic rings. The predicted octanol–water partition coefficient (Wildman–Crippen LogP) is -3.35. The van der Waals surface area contributed by atoms with E-state index in [1.165, 1.54) is 6.92 Å². The fourth-order valence-corrected chi connectivity index (χ4v) is 2.43. The van der Waals surface area contributed by atoms with Gasteiger partial charge >= 0.3 is 7.82 Å². The third-order valence-electron chi connectivity index (χ3n) is 2.98. The number of phosphoric ester groups is 1. The highest BCUT2D eigenvalue weighted by Gasteiger charge is 2.43. The molecule has 1 fully saturated rings. The minimum Gasteiger partial charge on any atom is -0.395 e. The Labute approximate surface area is 115 Å². The molecule has 7 N–H and O–H groups in total. The summed E-state index contributed by atoms with van der Waals surface area (Å²) in [6, 6.07) is -2.81. The topological polar surface area (TPSA) is 169 Å². The van der Waals surface area contributed by atoms with Crippen molar-refractivity contribution in [1.29, 1.82) is 0 Å². The molecule has 1 heterocycles. The molecule has 11 heteroatoms. The van der Waals surface area contributed by atoms with Crippen LogP contribution in [0.2, 0.25) is 0 Å². The van der Waals surface area contributed by atoms with Gasteiger partial charge in [-0.1, -0.05) is 0 Å². The Morgan fingerprint density at radius 3 is 2.35 bits per heavy atom. The van der Waals surface area contributed by atoms with Crippen molar-refractivity contribution in [2.75, 3.05) is 13.2 Å². The van der Waals surface area contributed by atoms with E-state index >= 15 is 0 Å². The number of aliphatic hydroxyl groups is 3. The first kappa shape index (κ1) is 17.5. The highest BCUT2D eigenvalue weighted by molar-refractivity contribution is 7.46. The van der Waals surface area contributed by atoms with Crippen LogP contribution in [0.15, 0.2) is 0 Å². The van der Waals surface area contributed by atoms with E-state index in [-0.39, 0.29) is 0 Å². The van der Waals surface area contributed by atoms with Gasteiger partial charge in [-0.25, -0.2) is 4.57 Å². The molecule has 1 saturated heterocycles. The van der Waals surface area contributed by atoms with E-state index in [9.17, 15) is 19.6 Å². The van der Waals surface area contributed by atoms with Crippen LogP contribution in [0.4, 0.5) is 0 Å². The van der Waals surface area contributed by atoms with E-state index in [0.29, 0.717) is 0 Å². The van der Waals surface area contributed by atoms with Gasteiger partial charge in [0, 0.05) is 6.92 Å². The normalized spacial score (nSPS) is 34.8. The highest BCUT2D eigenvalue weighted by Crippen LogP contribution is 2.36. The van der Waals surface area contributed by atoms with Gasteiger partial charge < -0.3 is 35.7 Å². The molecule has 1 aliphatic heterocycles. The molecule has 0 radical (unpaired) electrons. The lowest BCUT2D eigenvalue weighted by molar-refractivity contribution is -0.124. The van der Waals surface area contributed by atoms with Gasteiger partial charge in [-0.2, -0.15) is 0 Å². The zero-order valence-electron chi connectivity index (χ0n) is 10.7. The first-order valence-electron chi connectivity index (χ1n) is 5.86. The molecule has 0 bridgehead atoms. The lowest BCUT2D eigenvalue weighted by Crippen LogP contribution is -2.71. The molecule has 0 aromatic heterocycles. The Kier molecular flexibility index (Phi) is 6.05. The van der Waals surface area contributed by atoms with Crippen molar-refractivity contribution in [2.45, 2.75) is 37.3 Å². The van der Waals surface area contributed by atoms with Gasteiger partial charge in [0.05, 0.1) is 37.4 Å². The summed E-state index contributed by atoms with van der Waals surface area (Å²) in [5, 5.41) is 33.8. The molecule has 118 valence electrons. The summed E-state index contributed by atoms with van der Waals surface area (Å²) >= 11 is 0. The number of carbonyl (C=O) groups is 1. The standard InChI is InChI=1S/C9H19N2O8P/c1-4(13)10-7-6(3-19-20(16,17)18)11-5(2-12)8(14)9(7)15/h5-9,11-12,14-15H,2-3H2,1H3,(H,10,13)(H2,16,17,18)/t5-,6-,7+,8-,9-/m1/s1. The number of amides is 1. The van der Waals surface area contributed by atoms with Gasteiger partial charge in [0.25, 0.3) is 0 Å². The van der Waals surface area contributed by atoms with Crippen molar-refractivity contribution in [2.24, 2.45) is 0 Å². The molecule has 10 nitrogen and oxygen atoms in total. The first-order valence-corrected chi connectivity index (χ1v) is 7.39. The van der Waals surface area contributed by atoms with Crippen LogP contribution < -0.4 is 10.6 Å². The number of rotatable bonds is 5. The lowest BCUT2D eigenvalue weighted by atomic mass is 9.88. The maximum atomic E-state index is 11.1. The van der Waals surface area contributed by atoms with E-state index in [0.717, 1.165) is 0 Å². The first-order chi connectivity index (χ1) is 9.15. The molecule has 1 amide bonds. The van der Waals surface area contributed by atoms with Gasteiger partial charge in [0.1, 0.15) is 6.10 Å². The zero-order valence-corrected chi connectivity index (χ0v) is 11.6. The molecule has 0 saturated carbocycles. The van der Waals surface area contributed by atoms with E-state index in [1.807, 2.05) is 0 Å².